The molecule has 1 heterocycles. The van der Waals surface area contributed by atoms with Gasteiger partial charge in [0.2, 0.25) is 10.0 Å². The van der Waals surface area contributed by atoms with Crippen LogP contribution in [0, 0.1) is 6.92 Å². The van der Waals surface area contributed by atoms with Gasteiger partial charge in [0.05, 0.1) is 10.9 Å². The highest BCUT2D eigenvalue weighted by molar-refractivity contribution is 7.93. The third kappa shape index (κ3) is 6.26. The number of hydrogen-bond donors (Lipinski definition) is 3. The molecule has 196 valence electrons. The molecule has 0 unspecified atom stereocenters. The molecule has 0 saturated carbocycles. The van der Waals surface area contributed by atoms with Crippen LogP contribution in [0.25, 0.3) is 0 Å². The summed E-state index contributed by atoms with van der Waals surface area (Å²) >= 11 is 5.99. The van der Waals surface area contributed by atoms with Crippen LogP contribution in [-0.2, 0) is 15.6 Å². The number of amides is 1. The predicted octanol–water partition coefficient (Wildman–Crippen LogP) is 5.54. The molecule has 0 bridgehead atoms. The van der Waals surface area contributed by atoms with Crippen LogP contribution in [0.4, 0.5) is 17.1 Å². The average molecular weight is 542 g/mol. The molecule has 0 radical (unpaired) electrons. The number of carbonyl (C=O) groups excluding carboxylic acids is 1. The summed E-state index contributed by atoms with van der Waals surface area (Å²) in [6, 6.07) is 19.5. The van der Waals surface area contributed by atoms with Gasteiger partial charge in [-0.2, -0.15) is 0 Å². The number of benzene rings is 3. The number of anilines is 3. The quantitative estimate of drug-likeness (QED) is 0.365. The van der Waals surface area contributed by atoms with Gasteiger partial charge in [-0.25, -0.2) is 8.42 Å². The fourth-order valence-corrected chi connectivity index (χ4v) is 5.26. The third-order valence-corrected chi connectivity index (χ3v) is 8.81. The summed E-state index contributed by atoms with van der Waals surface area (Å²) in [6.07, 6.45) is 1.21. The fraction of sp³-hybridized carbons (Fsp3) is 0.321. The smallest absolute Gasteiger partial charge is 0.255 e. The average Bonchev–Trinajstić information content (AvgIpc) is 2.85. The number of aliphatic hydroxyl groups is 1. The van der Waals surface area contributed by atoms with Gasteiger partial charge in [0.1, 0.15) is 0 Å². The lowest BCUT2D eigenvalue weighted by molar-refractivity contribution is 0.0117. The zero-order valence-electron chi connectivity index (χ0n) is 21.2. The first-order valence-corrected chi connectivity index (χ1v) is 14.2. The molecule has 1 aliphatic heterocycles. The highest BCUT2D eigenvalue weighted by Gasteiger charge is 2.34. The van der Waals surface area contributed by atoms with Crippen molar-refractivity contribution in [1.82, 2.24) is 0 Å². The number of sulfonamides is 1. The van der Waals surface area contributed by atoms with E-state index in [0.717, 1.165) is 16.8 Å². The van der Waals surface area contributed by atoms with E-state index < -0.39 is 20.9 Å². The number of rotatable bonds is 7. The lowest BCUT2D eigenvalue weighted by atomic mass is 9.84. The fourth-order valence-electron chi connectivity index (χ4n) is 4.43. The van der Waals surface area contributed by atoms with Crippen LogP contribution >= 0.6 is 11.6 Å². The Kier molecular flexibility index (Phi) is 7.83. The zero-order valence-corrected chi connectivity index (χ0v) is 22.7. The van der Waals surface area contributed by atoms with Crippen molar-refractivity contribution in [3.05, 3.63) is 88.4 Å². The Morgan fingerprint density at radius 3 is 2.14 bits per heavy atom. The molecule has 3 aromatic carbocycles. The van der Waals surface area contributed by atoms with Crippen LogP contribution in [0.2, 0.25) is 5.02 Å². The number of piperidine rings is 1. The molecule has 0 aromatic heterocycles. The monoisotopic (exact) mass is 541 g/mol. The molecule has 37 heavy (non-hydrogen) atoms. The van der Waals surface area contributed by atoms with Crippen LogP contribution in [0.15, 0.2) is 66.7 Å². The highest BCUT2D eigenvalue weighted by Crippen LogP contribution is 2.36. The van der Waals surface area contributed by atoms with Crippen molar-refractivity contribution in [2.75, 3.05) is 28.0 Å². The minimum atomic E-state index is -3.45. The van der Waals surface area contributed by atoms with Gasteiger partial charge in [0.15, 0.2) is 0 Å². The molecule has 0 spiro atoms. The Morgan fingerprint density at radius 2 is 1.57 bits per heavy atom. The van der Waals surface area contributed by atoms with Gasteiger partial charge in [-0.3, -0.25) is 9.52 Å². The van der Waals surface area contributed by atoms with Gasteiger partial charge in [0, 0.05) is 40.7 Å². The van der Waals surface area contributed by atoms with Crippen molar-refractivity contribution >= 4 is 44.6 Å². The van der Waals surface area contributed by atoms with Gasteiger partial charge < -0.3 is 15.3 Å². The maximum Gasteiger partial charge on any atom is 0.255 e. The van der Waals surface area contributed by atoms with Crippen LogP contribution in [0.1, 0.15) is 48.2 Å². The molecule has 7 nitrogen and oxygen atoms in total. The summed E-state index contributed by atoms with van der Waals surface area (Å²) in [4.78, 5) is 15.0. The summed E-state index contributed by atoms with van der Waals surface area (Å²) < 4.78 is 26.6. The third-order valence-electron chi connectivity index (χ3n) is 6.80. The molecule has 4 rings (SSSR count). The number of hydrogen-bond acceptors (Lipinski definition) is 5. The second-order valence-electron chi connectivity index (χ2n) is 9.75. The van der Waals surface area contributed by atoms with E-state index in [1.165, 1.54) is 0 Å². The van der Waals surface area contributed by atoms with Gasteiger partial charge in [-0.05, 0) is 99.3 Å². The maximum atomic E-state index is 12.7. The molecule has 1 amide bonds. The van der Waals surface area contributed by atoms with E-state index >= 15 is 0 Å². The minimum absolute atomic E-state index is 0.281. The summed E-state index contributed by atoms with van der Waals surface area (Å²) in [5, 5.41) is 14.2. The number of carbonyl (C=O) groups is 1. The lowest BCUT2D eigenvalue weighted by Crippen LogP contribution is -2.42. The predicted molar refractivity (Wildman–Crippen MR) is 150 cm³/mol. The standard InChI is InChI=1S/C28H32ClN3O4S/c1-19(2)37(35,36)31-24-10-4-21(5-11-24)27(33)30-25-12-13-26(20(3)18-25)32-16-14-28(34,15-17-32)22-6-8-23(29)9-7-22/h4-13,18-19,31,34H,14-17H2,1-3H3,(H,30,33). The van der Waals surface area contributed by atoms with E-state index in [2.05, 4.69) is 14.9 Å². The van der Waals surface area contributed by atoms with Crippen molar-refractivity contribution < 1.29 is 18.3 Å². The molecule has 0 atom stereocenters. The summed E-state index contributed by atoms with van der Waals surface area (Å²) in [5.74, 6) is -0.281. The molecule has 3 N–H and O–H groups in total. The highest BCUT2D eigenvalue weighted by atomic mass is 35.5. The van der Waals surface area contributed by atoms with E-state index in [-0.39, 0.29) is 5.91 Å². The van der Waals surface area contributed by atoms with Crippen molar-refractivity contribution in [2.45, 2.75) is 44.5 Å². The van der Waals surface area contributed by atoms with Crippen molar-refractivity contribution in [3.8, 4) is 0 Å². The normalized spacial score (nSPS) is 15.5. The SMILES string of the molecule is Cc1cc(NC(=O)c2ccc(NS(=O)(=O)C(C)C)cc2)ccc1N1CCC(O)(c2ccc(Cl)cc2)CC1. The maximum absolute atomic E-state index is 12.7. The van der Waals surface area contributed by atoms with E-state index in [4.69, 9.17) is 11.6 Å². The molecule has 0 aliphatic carbocycles. The second-order valence-corrected chi connectivity index (χ2v) is 12.4. The Bertz CT molecular complexity index is 1370. The van der Waals surface area contributed by atoms with Crippen molar-refractivity contribution in [2.24, 2.45) is 0 Å². The second kappa shape index (κ2) is 10.7. The largest absolute Gasteiger partial charge is 0.385 e. The van der Waals surface area contributed by atoms with Crippen LogP contribution in [0.3, 0.4) is 0 Å². The van der Waals surface area contributed by atoms with Gasteiger partial charge >= 0.3 is 0 Å². The number of nitrogens with one attached hydrogen (secondary N) is 2. The van der Waals surface area contributed by atoms with E-state index in [0.29, 0.717) is 47.9 Å². The van der Waals surface area contributed by atoms with Crippen LogP contribution < -0.4 is 14.9 Å². The Balaban J connectivity index is 1.38. The van der Waals surface area contributed by atoms with E-state index in [9.17, 15) is 18.3 Å². The number of aryl methyl sites for hydroxylation is 1. The van der Waals surface area contributed by atoms with Crippen molar-refractivity contribution in [3.63, 3.8) is 0 Å². The summed E-state index contributed by atoms with van der Waals surface area (Å²) in [6.45, 7) is 6.62. The van der Waals surface area contributed by atoms with Gasteiger partial charge in [-0.1, -0.05) is 23.7 Å². The molecular formula is C28H32ClN3O4S. The summed E-state index contributed by atoms with van der Waals surface area (Å²) in [7, 11) is -3.45. The van der Waals surface area contributed by atoms with Crippen molar-refractivity contribution in [1.29, 1.82) is 0 Å². The van der Waals surface area contributed by atoms with Gasteiger partial charge in [0.25, 0.3) is 5.91 Å². The topological polar surface area (TPSA) is 98.7 Å². The molecule has 3 aromatic rings. The first-order valence-electron chi connectivity index (χ1n) is 12.2. The Hall–Kier alpha value is -3.07. The van der Waals surface area contributed by atoms with E-state index in [1.807, 2.05) is 37.3 Å². The van der Waals surface area contributed by atoms with Gasteiger partial charge in [-0.15, -0.1) is 0 Å². The number of nitrogens with zero attached hydrogens (tertiary/aromatic N) is 1. The zero-order chi connectivity index (χ0) is 26.8. The minimum Gasteiger partial charge on any atom is -0.385 e. The number of halogens is 1. The first kappa shape index (κ1) is 27.0. The first-order chi connectivity index (χ1) is 17.5. The molecule has 1 saturated heterocycles. The van der Waals surface area contributed by atoms with E-state index in [1.54, 1.807) is 50.2 Å². The lowest BCUT2D eigenvalue weighted by Gasteiger charge is -2.40. The molecular weight excluding hydrogens is 510 g/mol. The Labute approximate surface area is 223 Å². The Morgan fingerprint density at radius 1 is 0.973 bits per heavy atom. The molecule has 1 fully saturated rings. The molecule has 1 aliphatic rings. The van der Waals surface area contributed by atoms with Crippen LogP contribution in [0.5, 0.6) is 0 Å². The summed E-state index contributed by atoms with van der Waals surface area (Å²) in [5.41, 5.74) is 3.61. The van der Waals surface area contributed by atoms with Crippen LogP contribution in [-0.4, -0.2) is 37.8 Å². The molecule has 9 heteroatoms.